The SMILES string of the molecule is CCOC(=O)CC=Cc1cccc(SCC)c1. The van der Waals surface area contributed by atoms with Gasteiger partial charge in [-0.05, 0) is 30.4 Å². The van der Waals surface area contributed by atoms with Crippen LogP contribution >= 0.6 is 11.8 Å². The number of carbonyl (C=O) groups excluding carboxylic acids is 1. The second kappa shape index (κ2) is 7.96. The Morgan fingerprint density at radius 3 is 2.94 bits per heavy atom. The van der Waals surface area contributed by atoms with Crippen molar-refractivity contribution in [2.75, 3.05) is 12.4 Å². The van der Waals surface area contributed by atoms with Gasteiger partial charge in [0, 0.05) is 4.90 Å². The van der Waals surface area contributed by atoms with Crippen LogP contribution in [0.1, 0.15) is 25.8 Å². The zero-order valence-electron chi connectivity index (χ0n) is 10.3. The van der Waals surface area contributed by atoms with E-state index in [2.05, 4.69) is 19.1 Å². The fourth-order valence-electron chi connectivity index (χ4n) is 1.39. The third kappa shape index (κ3) is 5.59. The molecular weight excluding hydrogens is 232 g/mol. The lowest BCUT2D eigenvalue weighted by Gasteiger charge is -2.00. The van der Waals surface area contributed by atoms with Crippen LogP contribution in [-0.2, 0) is 9.53 Å². The Balaban J connectivity index is 2.52. The van der Waals surface area contributed by atoms with Gasteiger partial charge in [-0.15, -0.1) is 11.8 Å². The third-order valence-corrected chi connectivity index (χ3v) is 2.95. The van der Waals surface area contributed by atoms with E-state index in [1.807, 2.05) is 43.0 Å². The number of esters is 1. The molecule has 0 fully saturated rings. The third-order valence-electron chi connectivity index (χ3n) is 2.07. The highest BCUT2D eigenvalue weighted by molar-refractivity contribution is 7.99. The predicted molar refractivity (Wildman–Crippen MR) is 73.1 cm³/mol. The predicted octanol–water partition coefficient (Wildman–Crippen LogP) is 3.77. The van der Waals surface area contributed by atoms with Crippen molar-refractivity contribution in [1.29, 1.82) is 0 Å². The molecule has 0 spiro atoms. The van der Waals surface area contributed by atoms with Crippen molar-refractivity contribution in [2.24, 2.45) is 0 Å². The molecule has 0 aliphatic rings. The van der Waals surface area contributed by atoms with Crippen molar-refractivity contribution < 1.29 is 9.53 Å². The van der Waals surface area contributed by atoms with Crippen LogP contribution in [0.5, 0.6) is 0 Å². The molecule has 0 N–H and O–H groups in total. The Bertz CT molecular complexity index is 386. The summed E-state index contributed by atoms with van der Waals surface area (Å²) in [5, 5.41) is 0. The Morgan fingerprint density at radius 1 is 1.41 bits per heavy atom. The molecule has 1 aromatic rings. The Hall–Kier alpha value is -1.22. The van der Waals surface area contributed by atoms with E-state index < -0.39 is 0 Å². The normalized spacial score (nSPS) is 10.7. The Morgan fingerprint density at radius 2 is 2.24 bits per heavy atom. The first-order chi connectivity index (χ1) is 8.26. The summed E-state index contributed by atoms with van der Waals surface area (Å²) >= 11 is 1.81. The van der Waals surface area contributed by atoms with Gasteiger partial charge in [0.15, 0.2) is 0 Å². The summed E-state index contributed by atoms with van der Waals surface area (Å²) in [5.74, 6) is 0.888. The first-order valence-corrected chi connectivity index (χ1v) is 6.79. The summed E-state index contributed by atoms with van der Waals surface area (Å²) < 4.78 is 4.85. The van der Waals surface area contributed by atoms with E-state index in [-0.39, 0.29) is 5.97 Å². The summed E-state index contributed by atoms with van der Waals surface area (Å²) in [6.07, 6.45) is 4.13. The fourth-order valence-corrected chi connectivity index (χ4v) is 2.11. The molecule has 17 heavy (non-hydrogen) atoms. The van der Waals surface area contributed by atoms with E-state index in [1.165, 1.54) is 4.90 Å². The smallest absolute Gasteiger partial charge is 0.309 e. The second-order valence-corrected chi connectivity index (χ2v) is 4.75. The fraction of sp³-hybridized carbons (Fsp3) is 0.357. The topological polar surface area (TPSA) is 26.3 Å². The van der Waals surface area contributed by atoms with Gasteiger partial charge in [-0.2, -0.15) is 0 Å². The lowest BCUT2D eigenvalue weighted by molar-refractivity contribution is -0.142. The molecule has 0 heterocycles. The largest absolute Gasteiger partial charge is 0.466 e. The molecule has 0 aliphatic carbocycles. The van der Waals surface area contributed by atoms with Crippen molar-refractivity contribution in [1.82, 2.24) is 0 Å². The zero-order valence-corrected chi connectivity index (χ0v) is 11.1. The number of hydrogen-bond acceptors (Lipinski definition) is 3. The van der Waals surface area contributed by atoms with E-state index in [9.17, 15) is 4.79 Å². The van der Waals surface area contributed by atoms with Gasteiger partial charge in [-0.25, -0.2) is 0 Å². The molecule has 0 radical (unpaired) electrons. The molecule has 0 atom stereocenters. The van der Waals surface area contributed by atoms with Gasteiger partial charge in [0.25, 0.3) is 0 Å². The van der Waals surface area contributed by atoms with Crippen molar-refractivity contribution in [3.63, 3.8) is 0 Å². The highest BCUT2D eigenvalue weighted by atomic mass is 32.2. The average Bonchev–Trinajstić information content (AvgIpc) is 2.30. The number of hydrogen-bond donors (Lipinski definition) is 0. The molecule has 0 aliphatic heterocycles. The first kappa shape index (κ1) is 13.8. The van der Waals surface area contributed by atoms with Crippen LogP contribution in [0.3, 0.4) is 0 Å². The molecule has 1 aromatic carbocycles. The molecule has 0 unspecified atom stereocenters. The molecule has 0 saturated heterocycles. The number of rotatable bonds is 6. The van der Waals surface area contributed by atoms with E-state index in [0.29, 0.717) is 13.0 Å². The van der Waals surface area contributed by atoms with E-state index in [0.717, 1.165) is 11.3 Å². The molecular formula is C14H18O2S. The highest BCUT2D eigenvalue weighted by Gasteiger charge is 1.97. The maximum absolute atomic E-state index is 11.1. The van der Waals surface area contributed by atoms with Crippen LogP contribution in [-0.4, -0.2) is 18.3 Å². The standard InChI is InChI=1S/C14H18O2S/c1-3-16-14(15)10-6-8-12-7-5-9-13(11-12)17-4-2/h5-9,11H,3-4,10H2,1-2H3. The molecule has 0 saturated carbocycles. The Labute approximate surface area is 107 Å². The van der Waals surface area contributed by atoms with Gasteiger partial charge in [-0.3, -0.25) is 4.79 Å². The number of thioether (sulfide) groups is 1. The maximum atomic E-state index is 11.1. The minimum Gasteiger partial charge on any atom is -0.466 e. The van der Waals surface area contributed by atoms with E-state index >= 15 is 0 Å². The summed E-state index contributed by atoms with van der Waals surface area (Å²) in [6.45, 7) is 4.39. The summed E-state index contributed by atoms with van der Waals surface area (Å²) in [7, 11) is 0. The first-order valence-electron chi connectivity index (χ1n) is 5.81. The number of ether oxygens (including phenoxy) is 1. The van der Waals surface area contributed by atoms with Crippen LogP contribution in [0.2, 0.25) is 0 Å². The van der Waals surface area contributed by atoms with E-state index in [4.69, 9.17) is 4.74 Å². The summed E-state index contributed by atoms with van der Waals surface area (Å²) in [4.78, 5) is 12.4. The monoisotopic (exact) mass is 250 g/mol. The number of carbonyl (C=O) groups is 1. The second-order valence-electron chi connectivity index (χ2n) is 3.42. The van der Waals surface area contributed by atoms with Gasteiger partial charge in [-0.1, -0.05) is 31.2 Å². The summed E-state index contributed by atoms with van der Waals surface area (Å²) in [5.41, 5.74) is 1.12. The quantitative estimate of drug-likeness (QED) is 0.568. The van der Waals surface area contributed by atoms with Crippen molar-refractivity contribution in [3.8, 4) is 0 Å². The molecule has 3 heteroatoms. The van der Waals surface area contributed by atoms with Gasteiger partial charge in [0.2, 0.25) is 0 Å². The van der Waals surface area contributed by atoms with Gasteiger partial charge >= 0.3 is 5.97 Å². The van der Waals surface area contributed by atoms with E-state index in [1.54, 1.807) is 0 Å². The molecule has 0 aromatic heterocycles. The molecule has 2 nitrogen and oxygen atoms in total. The van der Waals surface area contributed by atoms with Crippen LogP contribution in [0.4, 0.5) is 0 Å². The summed E-state index contributed by atoms with van der Waals surface area (Å²) in [6, 6.07) is 8.27. The minimum absolute atomic E-state index is 0.178. The maximum Gasteiger partial charge on any atom is 0.309 e. The van der Waals surface area contributed by atoms with Gasteiger partial charge in [0.05, 0.1) is 13.0 Å². The lowest BCUT2D eigenvalue weighted by Crippen LogP contribution is -2.01. The highest BCUT2D eigenvalue weighted by Crippen LogP contribution is 2.19. The average molecular weight is 250 g/mol. The van der Waals surface area contributed by atoms with Crippen molar-refractivity contribution in [3.05, 3.63) is 35.9 Å². The van der Waals surface area contributed by atoms with Crippen molar-refractivity contribution >= 4 is 23.8 Å². The lowest BCUT2D eigenvalue weighted by atomic mass is 10.2. The van der Waals surface area contributed by atoms with Crippen molar-refractivity contribution in [2.45, 2.75) is 25.2 Å². The van der Waals surface area contributed by atoms with Crippen LogP contribution in [0.25, 0.3) is 6.08 Å². The molecule has 1 rings (SSSR count). The molecule has 0 amide bonds. The van der Waals surface area contributed by atoms with Crippen LogP contribution in [0.15, 0.2) is 35.2 Å². The van der Waals surface area contributed by atoms with Crippen LogP contribution in [0, 0.1) is 0 Å². The molecule has 0 bridgehead atoms. The Kier molecular flexibility index (Phi) is 6.48. The van der Waals surface area contributed by atoms with Crippen LogP contribution < -0.4 is 0 Å². The van der Waals surface area contributed by atoms with Gasteiger partial charge < -0.3 is 4.74 Å². The minimum atomic E-state index is -0.178. The number of benzene rings is 1. The molecule has 92 valence electrons. The zero-order chi connectivity index (χ0) is 12.5. The van der Waals surface area contributed by atoms with Gasteiger partial charge in [0.1, 0.15) is 0 Å².